The summed E-state index contributed by atoms with van der Waals surface area (Å²) in [5.74, 6) is 0.174. The number of rotatable bonds is 9. The third kappa shape index (κ3) is 6.53. The molecule has 0 unspecified atom stereocenters. The van der Waals surface area contributed by atoms with Crippen molar-refractivity contribution in [3.8, 4) is 11.8 Å². The van der Waals surface area contributed by atoms with Gasteiger partial charge in [0.15, 0.2) is 5.13 Å². The maximum absolute atomic E-state index is 12.6. The second kappa shape index (κ2) is 11.1. The monoisotopic (exact) mass is 431 g/mol. The SMILES string of the molecule is CCCCOc1ccccc1C=C(C#N)C(=O)Nc1ncc(Cc2ccc(C)cc2)s1. The Morgan fingerprint density at radius 2 is 2.00 bits per heavy atom. The summed E-state index contributed by atoms with van der Waals surface area (Å²) < 4.78 is 5.79. The number of thiazole rings is 1. The van der Waals surface area contributed by atoms with E-state index in [1.807, 2.05) is 30.3 Å². The van der Waals surface area contributed by atoms with Gasteiger partial charge in [-0.25, -0.2) is 4.98 Å². The van der Waals surface area contributed by atoms with Crippen LogP contribution in [0.5, 0.6) is 5.75 Å². The van der Waals surface area contributed by atoms with Crippen LogP contribution in [0.15, 0.2) is 60.3 Å². The summed E-state index contributed by atoms with van der Waals surface area (Å²) in [4.78, 5) is 18.0. The molecular formula is C25H25N3O2S. The minimum Gasteiger partial charge on any atom is -0.493 e. The fraction of sp³-hybridized carbons (Fsp3) is 0.240. The Morgan fingerprint density at radius 3 is 2.74 bits per heavy atom. The molecule has 3 aromatic rings. The molecular weight excluding hydrogens is 406 g/mol. The Kier molecular flexibility index (Phi) is 7.97. The van der Waals surface area contributed by atoms with Gasteiger partial charge >= 0.3 is 0 Å². The lowest BCUT2D eigenvalue weighted by atomic mass is 10.1. The van der Waals surface area contributed by atoms with Crippen LogP contribution in [0.3, 0.4) is 0 Å². The van der Waals surface area contributed by atoms with E-state index >= 15 is 0 Å². The van der Waals surface area contributed by atoms with Gasteiger partial charge in [-0.3, -0.25) is 10.1 Å². The first-order chi connectivity index (χ1) is 15.1. The molecule has 1 N–H and O–H groups in total. The number of amides is 1. The molecule has 1 heterocycles. The molecule has 0 fully saturated rings. The topological polar surface area (TPSA) is 75.0 Å². The van der Waals surface area contributed by atoms with Gasteiger partial charge in [-0.15, -0.1) is 11.3 Å². The van der Waals surface area contributed by atoms with Gasteiger partial charge in [0.25, 0.3) is 5.91 Å². The first-order valence-electron chi connectivity index (χ1n) is 10.2. The average Bonchev–Trinajstić information content (AvgIpc) is 3.21. The zero-order valence-corrected chi connectivity index (χ0v) is 18.5. The number of nitrogens with zero attached hydrogens (tertiary/aromatic N) is 2. The van der Waals surface area contributed by atoms with Crippen LogP contribution in [-0.4, -0.2) is 17.5 Å². The normalized spacial score (nSPS) is 11.1. The van der Waals surface area contributed by atoms with Gasteiger partial charge in [0.1, 0.15) is 17.4 Å². The number of ether oxygens (including phenoxy) is 1. The van der Waals surface area contributed by atoms with Crippen molar-refractivity contribution in [2.24, 2.45) is 0 Å². The molecule has 0 saturated carbocycles. The number of benzene rings is 2. The maximum Gasteiger partial charge on any atom is 0.268 e. The van der Waals surface area contributed by atoms with E-state index in [2.05, 4.69) is 48.4 Å². The summed E-state index contributed by atoms with van der Waals surface area (Å²) in [5.41, 5.74) is 3.10. The number of carbonyl (C=O) groups excluding carboxylic acids is 1. The van der Waals surface area contributed by atoms with Crippen LogP contribution in [0.4, 0.5) is 5.13 Å². The van der Waals surface area contributed by atoms with Crippen LogP contribution < -0.4 is 10.1 Å². The zero-order chi connectivity index (χ0) is 22.1. The molecule has 2 aromatic carbocycles. The van der Waals surface area contributed by atoms with Crippen molar-refractivity contribution >= 4 is 28.5 Å². The summed E-state index contributed by atoms with van der Waals surface area (Å²) in [5, 5.41) is 12.7. The van der Waals surface area contributed by atoms with Gasteiger partial charge in [-0.05, 0) is 31.1 Å². The van der Waals surface area contributed by atoms with Crippen LogP contribution in [0.2, 0.25) is 0 Å². The summed E-state index contributed by atoms with van der Waals surface area (Å²) >= 11 is 1.41. The molecule has 1 aromatic heterocycles. The molecule has 6 heteroatoms. The highest BCUT2D eigenvalue weighted by Crippen LogP contribution is 2.24. The molecule has 1 amide bonds. The van der Waals surface area contributed by atoms with E-state index in [4.69, 9.17) is 4.74 Å². The fourth-order valence-electron chi connectivity index (χ4n) is 2.88. The second-order valence-corrected chi connectivity index (χ2v) is 8.27. The number of nitriles is 1. The van der Waals surface area contributed by atoms with Crippen LogP contribution in [0.25, 0.3) is 6.08 Å². The first kappa shape index (κ1) is 22.3. The zero-order valence-electron chi connectivity index (χ0n) is 17.7. The molecule has 0 atom stereocenters. The van der Waals surface area contributed by atoms with Crippen LogP contribution in [0.1, 0.15) is 41.3 Å². The van der Waals surface area contributed by atoms with Crippen LogP contribution in [0, 0.1) is 18.3 Å². The second-order valence-electron chi connectivity index (χ2n) is 7.16. The lowest BCUT2D eigenvalue weighted by molar-refractivity contribution is -0.112. The third-order valence-electron chi connectivity index (χ3n) is 4.61. The highest BCUT2D eigenvalue weighted by atomic mass is 32.1. The van der Waals surface area contributed by atoms with E-state index in [9.17, 15) is 10.1 Å². The summed E-state index contributed by atoms with van der Waals surface area (Å²) in [6.07, 6.45) is 6.03. The minimum absolute atomic E-state index is 0.00169. The van der Waals surface area contributed by atoms with Crippen molar-refractivity contribution < 1.29 is 9.53 Å². The predicted molar refractivity (Wildman–Crippen MR) is 125 cm³/mol. The summed E-state index contributed by atoms with van der Waals surface area (Å²) in [6.45, 7) is 4.75. The fourth-order valence-corrected chi connectivity index (χ4v) is 3.72. The molecule has 0 aliphatic heterocycles. The molecule has 3 rings (SSSR count). The van der Waals surface area contributed by atoms with Gasteiger partial charge in [0.05, 0.1) is 6.61 Å². The molecule has 0 bridgehead atoms. The van der Waals surface area contributed by atoms with Gasteiger partial charge in [-0.1, -0.05) is 61.4 Å². The number of aromatic nitrogens is 1. The summed E-state index contributed by atoms with van der Waals surface area (Å²) in [6, 6.07) is 17.7. The van der Waals surface area contributed by atoms with Crippen molar-refractivity contribution in [2.45, 2.75) is 33.1 Å². The smallest absolute Gasteiger partial charge is 0.268 e. The van der Waals surface area contributed by atoms with Gasteiger partial charge < -0.3 is 4.74 Å². The number of hydrogen-bond donors (Lipinski definition) is 1. The maximum atomic E-state index is 12.6. The number of carbonyl (C=O) groups is 1. The lowest BCUT2D eigenvalue weighted by Gasteiger charge is -2.09. The predicted octanol–water partition coefficient (Wildman–Crippen LogP) is 5.77. The quantitative estimate of drug-likeness (QED) is 0.265. The Labute approximate surface area is 187 Å². The number of para-hydroxylation sites is 1. The van der Waals surface area contributed by atoms with Crippen molar-refractivity contribution in [1.82, 2.24) is 4.98 Å². The molecule has 0 saturated heterocycles. The van der Waals surface area contributed by atoms with Crippen molar-refractivity contribution in [3.05, 3.63) is 81.9 Å². The number of nitrogens with one attached hydrogen (secondary N) is 1. The van der Waals surface area contributed by atoms with E-state index in [0.717, 1.165) is 24.1 Å². The third-order valence-corrected chi connectivity index (χ3v) is 5.53. The Balaban J connectivity index is 1.69. The first-order valence-corrected chi connectivity index (χ1v) is 11.1. The molecule has 5 nitrogen and oxygen atoms in total. The standard InChI is InChI=1S/C25H25N3O2S/c1-3-4-13-30-23-8-6-5-7-20(23)15-21(16-26)24(29)28-25-27-17-22(31-25)14-19-11-9-18(2)10-12-19/h5-12,15,17H,3-4,13-14H2,1-2H3,(H,27,28,29). The molecule has 0 aliphatic carbocycles. The van der Waals surface area contributed by atoms with E-state index in [1.165, 1.54) is 22.5 Å². The largest absolute Gasteiger partial charge is 0.493 e. The van der Waals surface area contributed by atoms with Gasteiger partial charge in [0.2, 0.25) is 0 Å². The molecule has 0 aliphatic rings. The number of unbranched alkanes of at least 4 members (excludes halogenated alkanes) is 1. The Hall–Kier alpha value is -3.43. The number of aryl methyl sites for hydroxylation is 1. The van der Waals surface area contributed by atoms with Crippen LogP contribution in [-0.2, 0) is 11.2 Å². The number of anilines is 1. The van der Waals surface area contributed by atoms with Gasteiger partial charge in [0, 0.05) is 23.1 Å². The van der Waals surface area contributed by atoms with Crippen molar-refractivity contribution in [2.75, 3.05) is 11.9 Å². The van der Waals surface area contributed by atoms with E-state index in [1.54, 1.807) is 12.3 Å². The van der Waals surface area contributed by atoms with E-state index < -0.39 is 5.91 Å². The minimum atomic E-state index is -0.484. The van der Waals surface area contributed by atoms with Crippen molar-refractivity contribution in [1.29, 1.82) is 5.26 Å². The lowest BCUT2D eigenvalue weighted by Crippen LogP contribution is -2.13. The highest BCUT2D eigenvalue weighted by Gasteiger charge is 2.13. The Bertz CT molecular complexity index is 1090. The Morgan fingerprint density at radius 1 is 1.23 bits per heavy atom. The van der Waals surface area contributed by atoms with E-state index in [-0.39, 0.29) is 5.57 Å². The molecule has 158 valence electrons. The molecule has 0 radical (unpaired) electrons. The molecule has 31 heavy (non-hydrogen) atoms. The highest BCUT2D eigenvalue weighted by molar-refractivity contribution is 7.15. The summed E-state index contributed by atoms with van der Waals surface area (Å²) in [7, 11) is 0. The molecule has 0 spiro atoms. The van der Waals surface area contributed by atoms with Gasteiger partial charge in [-0.2, -0.15) is 5.26 Å². The van der Waals surface area contributed by atoms with Crippen LogP contribution >= 0.6 is 11.3 Å². The van der Waals surface area contributed by atoms with Crippen molar-refractivity contribution in [3.63, 3.8) is 0 Å². The average molecular weight is 432 g/mol. The van der Waals surface area contributed by atoms with E-state index in [0.29, 0.717) is 23.1 Å². The number of hydrogen-bond acceptors (Lipinski definition) is 5.